The number of nitrogens with zero attached hydrogens (tertiary/aromatic N) is 1. The molecule has 1 nitrogen and oxygen atoms in total. The third-order valence-corrected chi connectivity index (χ3v) is 4.19. The summed E-state index contributed by atoms with van der Waals surface area (Å²) in [6.45, 7) is 0. The second-order valence-electron chi connectivity index (χ2n) is 4.55. The van der Waals surface area contributed by atoms with Crippen LogP contribution in [0.3, 0.4) is 0 Å². The van der Waals surface area contributed by atoms with Gasteiger partial charge in [0.25, 0.3) is 0 Å². The van der Waals surface area contributed by atoms with E-state index in [4.69, 9.17) is 0 Å². The molecule has 0 spiro atoms. The minimum absolute atomic E-state index is 0. The second-order valence-corrected chi connectivity index (χ2v) is 6.38. The largest absolute Gasteiger partial charge is 2.00 e. The molecule has 5 heteroatoms. The van der Waals surface area contributed by atoms with E-state index < -0.39 is 0 Å². The van der Waals surface area contributed by atoms with Gasteiger partial charge in [-0.15, -0.1) is 12.1 Å². The Kier molecular flexibility index (Phi) is 8.86. The van der Waals surface area contributed by atoms with Crippen LogP contribution in [0.15, 0.2) is 81.7 Å². The van der Waals surface area contributed by atoms with Crippen LogP contribution in [0.5, 0.6) is 0 Å². The molecule has 0 heterocycles. The van der Waals surface area contributed by atoms with E-state index in [1.165, 1.54) is 0 Å². The smallest absolute Gasteiger partial charge is 1.00 e. The van der Waals surface area contributed by atoms with Gasteiger partial charge in [0, 0.05) is 20.3 Å². The Morgan fingerprint density at radius 2 is 0.957 bits per heavy atom. The van der Waals surface area contributed by atoms with Gasteiger partial charge in [0.15, 0.2) is 0 Å². The van der Waals surface area contributed by atoms with Gasteiger partial charge in [-0.3, -0.25) is 0 Å². The molecule has 23 heavy (non-hydrogen) atoms. The first-order valence-electron chi connectivity index (χ1n) is 6.51. The standard InChI is InChI=1S/C18H12Br2N.BrH.Mg/c19-14-6-10-17(11-7-14)21(16-4-2-1-3-5-16)18-12-8-15(20)9-13-18;;/h2-13H;1H;/q-1;;+2/p-1. The molecule has 0 aliphatic rings. The zero-order chi connectivity index (χ0) is 14.7. The topological polar surface area (TPSA) is 3.24 Å². The maximum Gasteiger partial charge on any atom is 2.00 e. The Morgan fingerprint density at radius 1 is 0.609 bits per heavy atom. The van der Waals surface area contributed by atoms with Crippen LogP contribution in [0.2, 0.25) is 0 Å². The second kappa shape index (κ2) is 9.84. The van der Waals surface area contributed by atoms with Crippen molar-refractivity contribution < 1.29 is 17.0 Å². The normalized spacial score (nSPS) is 9.48. The maximum atomic E-state index is 3.49. The number of hydrogen-bond acceptors (Lipinski definition) is 1. The van der Waals surface area contributed by atoms with Gasteiger partial charge in [0.2, 0.25) is 0 Å². The van der Waals surface area contributed by atoms with E-state index in [9.17, 15) is 0 Å². The number of rotatable bonds is 3. The van der Waals surface area contributed by atoms with E-state index in [1.54, 1.807) is 0 Å². The van der Waals surface area contributed by atoms with Crippen LogP contribution in [-0.4, -0.2) is 23.1 Å². The summed E-state index contributed by atoms with van der Waals surface area (Å²) in [6.07, 6.45) is 0. The quantitative estimate of drug-likeness (QED) is 0.390. The third-order valence-electron chi connectivity index (χ3n) is 3.13. The van der Waals surface area contributed by atoms with Gasteiger partial charge in [-0.05, 0) is 48.5 Å². The molecule has 0 saturated carbocycles. The van der Waals surface area contributed by atoms with Gasteiger partial charge in [-0.2, -0.15) is 18.2 Å². The van der Waals surface area contributed by atoms with Crippen molar-refractivity contribution in [3.05, 3.63) is 87.8 Å². The molecule has 0 saturated heterocycles. The first-order valence-corrected chi connectivity index (χ1v) is 8.10. The summed E-state index contributed by atoms with van der Waals surface area (Å²) in [5, 5.41) is 0. The molecule has 0 atom stereocenters. The van der Waals surface area contributed by atoms with Crippen molar-refractivity contribution in [2.75, 3.05) is 4.90 Å². The van der Waals surface area contributed by atoms with Gasteiger partial charge < -0.3 is 21.9 Å². The maximum absolute atomic E-state index is 3.49. The van der Waals surface area contributed by atoms with Gasteiger partial charge in [-0.1, -0.05) is 37.5 Å². The summed E-state index contributed by atoms with van der Waals surface area (Å²) in [6, 6.07) is 27.7. The summed E-state index contributed by atoms with van der Waals surface area (Å²) in [7, 11) is 0. The Hall–Kier alpha value is -0.334. The Bertz CT molecular complexity index is 670. The van der Waals surface area contributed by atoms with E-state index in [2.05, 4.69) is 103 Å². The zero-order valence-electron chi connectivity index (χ0n) is 12.2. The molecular weight excluding hydrogens is 494 g/mol. The molecule has 0 N–H and O–H groups in total. The van der Waals surface area contributed by atoms with Gasteiger partial charge in [0.05, 0.1) is 0 Å². The monoisotopic (exact) mass is 503 g/mol. The fourth-order valence-electron chi connectivity index (χ4n) is 2.15. The summed E-state index contributed by atoms with van der Waals surface area (Å²) in [4.78, 5) is 2.22. The molecule has 0 radical (unpaired) electrons. The zero-order valence-corrected chi connectivity index (χ0v) is 18.4. The Labute approximate surface area is 180 Å². The van der Waals surface area contributed by atoms with E-state index in [-0.39, 0.29) is 40.0 Å². The predicted octanol–water partition coefficient (Wildman–Crippen LogP) is 3.10. The number of anilines is 3. The molecule has 0 unspecified atom stereocenters. The summed E-state index contributed by atoms with van der Waals surface area (Å²) in [5.41, 5.74) is 3.34. The van der Waals surface area contributed by atoms with Crippen LogP contribution in [0, 0.1) is 6.07 Å². The molecule has 3 aromatic rings. The molecule has 3 aromatic carbocycles. The van der Waals surface area contributed by atoms with Crippen LogP contribution in [0.25, 0.3) is 0 Å². The van der Waals surface area contributed by atoms with Gasteiger partial charge in [0.1, 0.15) is 0 Å². The van der Waals surface area contributed by atoms with E-state index in [0.29, 0.717) is 0 Å². The first kappa shape index (κ1) is 20.7. The van der Waals surface area contributed by atoms with Crippen LogP contribution < -0.4 is 21.9 Å². The van der Waals surface area contributed by atoms with Crippen LogP contribution in [0.4, 0.5) is 17.1 Å². The summed E-state index contributed by atoms with van der Waals surface area (Å²) < 4.78 is 2.15. The van der Waals surface area contributed by atoms with Crippen molar-refractivity contribution in [3.8, 4) is 0 Å². The fraction of sp³-hybridized carbons (Fsp3) is 0. The van der Waals surface area contributed by atoms with Crippen molar-refractivity contribution in [2.45, 2.75) is 0 Å². The van der Waals surface area contributed by atoms with Crippen molar-refractivity contribution in [3.63, 3.8) is 0 Å². The molecule has 0 aromatic heterocycles. The van der Waals surface area contributed by atoms with Crippen molar-refractivity contribution >= 4 is 72.0 Å². The SMILES string of the molecule is Brc1ccc(N(c2cc[c-]cc2)c2ccc(Br)cc2)cc1.[Br-].[Mg+2]. The Morgan fingerprint density at radius 3 is 1.35 bits per heavy atom. The van der Waals surface area contributed by atoms with E-state index in [1.807, 2.05) is 12.1 Å². The average Bonchev–Trinajstić information content (AvgIpc) is 2.52. The minimum atomic E-state index is 0. The van der Waals surface area contributed by atoms with Crippen LogP contribution in [-0.2, 0) is 0 Å². The molecule has 112 valence electrons. The molecule has 0 aliphatic heterocycles. The van der Waals surface area contributed by atoms with Crippen molar-refractivity contribution in [1.29, 1.82) is 0 Å². The van der Waals surface area contributed by atoms with Gasteiger partial charge in [-0.25, -0.2) is 0 Å². The number of hydrogen-bond donors (Lipinski definition) is 0. The fourth-order valence-corrected chi connectivity index (χ4v) is 2.68. The van der Waals surface area contributed by atoms with E-state index in [0.717, 1.165) is 26.0 Å². The number of benzene rings is 3. The van der Waals surface area contributed by atoms with Crippen molar-refractivity contribution in [2.24, 2.45) is 0 Å². The third kappa shape index (κ3) is 5.33. The van der Waals surface area contributed by atoms with E-state index >= 15 is 0 Å². The molecular formula is C18H12Br3MgN. The molecule has 0 fully saturated rings. The number of halogens is 3. The molecule has 0 amide bonds. The van der Waals surface area contributed by atoms with Gasteiger partial charge >= 0.3 is 23.1 Å². The molecule has 0 aliphatic carbocycles. The van der Waals surface area contributed by atoms with Crippen LogP contribution >= 0.6 is 31.9 Å². The van der Waals surface area contributed by atoms with Crippen LogP contribution in [0.1, 0.15) is 0 Å². The summed E-state index contributed by atoms with van der Waals surface area (Å²) >= 11 is 6.97. The summed E-state index contributed by atoms with van der Waals surface area (Å²) in [5.74, 6) is 0. The average molecular weight is 506 g/mol. The predicted molar refractivity (Wildman–Crippen MR) is 101 cm³/mol. The molecule has 0 bridgehead atoms. The Balaban J connectivity index is 0.00000132. The molecule has 3 rings (SSSR count). The minimum Gasteiger partial charge on any atom is -1.00 e. The van der Waals surface area contributed by atoms with Crippen molar-refractivity contribution in [1.82, 2.24) is 0 Å². The first-order chi connectivity index (χ1) is 10.2.